The topological polar surface area (TPSA) is 123 Å². The monoisotopic (exact) mass is 551 g/mol. The summed E-state index contributed by atoms with van der Waals surface area (Å²) < 4.78 is 17.0. The van der Waals surface area contributed by atoms with E-state index in [1.54, 1.807) is 35.5 Å². The molecule has 1 saturated carbocycles. The average Bonchev–Trinajstić information content (AvgIpc) is 3.34. The van der Waals surface area contributed by atoms with E-state index in [0.29, 0.717) is 19.0 Å². The van der Waals surface area contributed by atoms with E-state index in [0.717, 1.165) is 64.8 Å². The Morgan fingerprint density at radius 3 is 2.49 bits per heavy atom. The van der Waals surface area contributed by atoms with Crippen LogP contribution in [0, 0.1) is 5.82 Å². The van der Waals surface area contributed by atoms with Gasteiger partial charge in [-0.2, -0.15) is 10.2 Å². The Balaban J connectivity index is 1.08. The van der Waals surface area contributed by atoms with E-state index >= 15 is 0 Å². The zero-order chi connectivity index (χ0) is 28.2. The summed E-state index contributed by atoms with van der Waals surface area (Å²) in [7, 11) is 0. The highest BCUT2D eigenvalue weighted by molar-refractivity contribution is 5.80. The first-order valence-electron chi connectivity index (χ1n) is 13.7. The Morgan fingerprint density at radius 1 is 1.00 bits per heavy atom. The molecule has 3 N–H and O–H groups in total. The molecule has 0 bridgehead atoms. The SMILES string of the molecule is C[C@](N)(c1ccc(F)cc1)c1cnc(N2CC=C(c3ncnn4cc(-c5cnn(CC6(O)CC6)c5)cc34)CC2)nc1. The average molecular weight is 552 g/mol. The molecule has 0 amide bonds. The maximum Gasteiger partial charge on any atom is 0.225 e. The van der Waals surface area contributed by atoms with Crippen LogP contribution in [0.4, 0.5) is 10.3 Å². The van der Waals surface area contributed by atoms with Crippen molar-refractivity contribution in [1.29, 1.82) is 0 Å². The number of benzene rings is 1. The molecule has 7 rings (SSSR count). The van der Waals surface area contributed by atoms with Crippen molar-refractivity contribution >= 4 is 17.0 Å². The van der Waals surface area contributed by atoms with Gasteiger partial charge >= 0.3 is 0 Å². The van der Waals surface area contributed by atoms with Crippen LogP contribution in [0.25, 0.3) is 22.2 Å². The summed E-state index contributed by atoms with van der Waals surface area (Å²) >= 11 is 0. The van der Waals surface area contributed by atoms with Crippen LogP contribution in [-0.2, 0) is 12.1 Å². The zero-order valence-electron chi connectivity index (χ0n) is 22.7. The minimum absolute atomic E-state index is 0.300. The maximum atomic E-state index is 13.4. The lowest BCUT2D eigenvalue weighted by Gasteiger charge is -2.28. The van der Waals surface area contributed by atoms with Gasteiger partial charge in [0.25, 0.3) is 0 Å². The minimum atomic E-state index is -0.841. The number of anilines is 1. The largest absolute Gasteiger partial charge is 0.388 e. The van der Waals surface area contributed by atoms with E-state index in [-0.39, 0.29) is 5.82 Å². The molecule has 0 saturated heterocycles. The molecule has 41 heavy (non-hydrogen) atoms. The van der Waals surface area contributed by atoms with Crippen molar-refractivity contribution in [1.82, 2.24) is 34.3 Å². The van der Waals surface area contributed by atoms with Gasteiger partial charge in [-0.15, -0.1) is 0 Å². The fraction of sp³-hybridized carbons (Fsp3) is 0.300. The summed E-state index contributed by atoms with van der Waals surface area (Å²) in [5.41, 5.74) is 11.6. The molecule has 11 heteroatoms. The van der Waals surface area contributed by atoms with Gasteiger partial charge in [0, 0.05) is 54.6 Å². The van der Waals surface area contributed by atoms with Gasteiger partial charge in [-0.1, -0.05) is 18.2 Å². The third-order valence-corrected chi connectivity index (χ3v) is 8.13. The third kappa shape index (κ3) is 4.87. The molecule has 2 aliphatic rings. The Bertz CT molecular complexity index is 1750. The molecule has 4 aromatic heterocycles. The number of halogens is 1. The summed E-state index contributed by atoms with van der Waals surface area (Å²) in [6.07, 6.45) is 15.4. The van der Waals surface area contributed by atoms with E-state index in [1.165, 1.54) is 12.1 Å². The van der Waals surface area contributed by atoms with Crippen LogP contribution in [0.5, 0.6) is 0 Å². The summed E-state index contributed by atoms with van der Waals surface area (Å²) in [4.78, 5) is 15.9. The van der Waals surface area contributed by atoms with E-state index in [1.807, 2.05) is 30.0 Å². The first-order valence-corrected chi connectivity index (χ1v) is 13.7. The number of aromatic nitrogens is 7. The van der Waals surface area contributed by atoms with E-state index in [4.69, 9.17) is 5.73 Å². The Morgan fingerprint density at radius 2 is 1.78 bits per heavy atom. The lowest BCUT2D eigenvalue weighted by molar-refractivity contribution is 0.125. The molecule has 1 aliphatic carbocycles. The lowest BCUT2D eigenvalue weighted by atomic mass is 9.87. The second-order valence-electron chi connectivity index (χ2n) is 11.2. The number of rotatable bonds is 7. The molecule has 208 valence electrons. The van der Waals surface area contributed by atoms with Crippen LogP contribution in [0.15, 0.2) is 73.7 Å². The number of fused-ring (bicyclic) bond motifs is 1. The Labute approximate surface area is 236 Å². The maximum absolute atomic E-state index is 13.4. The highest BCUT2D eigenvalue weighted by Crippen LogP contribution is 2.37. The van der Waals surface area contributed by atoms with Crippen molar-refractivity contribution in [3.63, 3.8) is 0 Å². The Kier molecular flexibility index (Phi) is 5.95. The highest BCUT2D eigenvalue weighted by Gasteiger charge is 2.40. The first kappa shape index (κ1) is 25.5. The standard InChI is InChI=1S/C30H30FN9O/c1-29(32,23-2-4-25(31)5-3-23)24-14-33-28(34-15-24)38-10-6-20(7-11-38)27-26-12-21(17-40(26)37-19-35-27)22-13-36-39(16-22)18-30(41)8-9-30/h2-6,12-17,19,41H,7-11,18,32H2,1H3/t29-/m0/s1. The molecular weight excluding hydrogens is 521 g/mol. The highest BCUT2D eigenvalue weighted by atomic mass is 19.1. The van der Waals surface area contributed by atoms with Gasteiger partial charge in [-0.05, 0) is 55.5 Å². The second kappa shape index (κ2) is 9.57. The molecule has 1 fully saturated rings. The molecule has 5 heterocycles. The summed E-state index contributed by atoms with van der Waals surface area (Å²) in [5.74, 6) is 0.330. The van der Waals surface area contributed by atoms with E-state index < -0.39 is 11.1 Å². The van der Waals surface area contributed by atoms with Gasteiger partial charge in [-0.25, -0.2) is 23.9 Å². The van der Waals surface area contributed by atoms with Gasteiger partial charge in [0.15, 0.2) is 0 Å². The summed E-state index contributed by atoms with van der Waals surface area (Å²) in [5, 5.41) is 19.1. The van der Waals surface area contributed by atoms with Crippen LogP contribution in [0.1, 0.15) is 43.0 Å². The normalized spacial score (nSPS) is 17.9. The van der Waals surface area contributed by atoms with E-state index in [9.17, 15) is 9.50 Å². The van der Waals surface area contributed by atoms with E-state index in [2.05, 4.69) is 42.2 Å². The smallest absolute Gasteiger partial charge is 0.225 e. The quantitative estimate of drug-likeness (QED) is 0.315. The molecule has 0 radical (unpaired) electrons. The molecule has 1 aromatic carbocycles. The molecule has 0 spiro atoms. The van der Waals surface area contributed by atoms with Crippen molar-refractivity contribution in [3.8, 4) is 11.1 Å². The van der Waals surface area contributed by atoms with Crippen LogP contribution >= 0.6 is 0 Å². The zero-order valence-corrected chi connectivity index (χ0v) is 22.7. The molecule has 1 atom stereocenters. The van der Waals surface area contributed by atoms with Crippen molar-refractivity contribution in [2.75, 3.05) is 18.0 Å². The van der Waals surface area contributed by atoms with Crippen molar-refractivity contribution in [3.05, 3.63) is 96.4 Å². The van der Waals surface area contributed by atoms with Crippen LogP contribution in [0.3, 0.4) is 0 Å². The second-order valence-corrected chi connectivity index (χ2v) is 11.2. The molecule has 5 aromatic rings. The fourth-order valence-electron chi connectivity index (χ4n) is 5.32. The van der Waals surface area contributed by atoms with Crippen molar-refractivity contribution < 1.29 is 9.50 Å². The van der Waals surface area contributed by atoms with Gasteiger partial charge in [-0.3, -0.25) is 4.68 Å². The number of hydrogen-bond donors (Lipinski definition) is 2. The van der Waals surface area contributed by atoms with Crippen LogP contribution < -0.4 is 10.6 Å². The predicted octanol–water partition coefficient (Wildman–Crippen LogP) is 3.56. The lowest BCUT2D eigenvalue weighted by Crippen LogP contribution is -2.35. The molecule has 10 nitrogen and oxygen atoms in total. The van der Waals surface area contributed by atoms with Crippen LogP contribution in [0.2, 0.25) is 0 Å². The molecule has 1 aliphatic heterocycles. The molecular formula is C30H30FN9O. The predicted molar refractivity (Wildman–Crippen MR) is 152 cm³/mol. The number of nitrogens with two attached hydrogens (primary N) is 1. The summed E-state index contributed by atoms with van der Waals surface area (Å²) in [6, 6.07) is 8.27. The number of hydrogen-bond acceptors (Lipinski definition) is 8. The minimum Gasteiger partial charge on any atom is -0.388 e. The van der Waals surface area contributed by atoms with Crippen molar-refractivity contribution in [2.45, 2.75) is 43.9 Å². The third-order valence-electron chi connectivity index (χ3n) is 8.13. The van der Waals surface area contributed by atoms with Gasteiger partial charge < -0.3 is 15.7 Å². The molecule has 0 unspecified atom stereocenters. The first-order chi connectivity index (χ1) is 19.8. The van der Waals surface area contributed by atoms with Crippen molar-refractivity contribution in [2.24, 2.45) is 5.73 Å². The summed E-state index contributed by atoms with van der Waals surface area (Å²) in [6.45, 7) is 3.77. The Hall–Kier alpha value is -4.48. The van der Waals surface area contributed by atoms with Gasteiger partial charge in [0.1, 0.15) is 12.1 Å². The van der Waals surface area contributed by atoms with Gasteiger partial charge in [0.05, 0.1) is 35.1 Å². The number of nitrogens with zero attached hydrogens (tertiary/aromatic N) is 8. The van der Waals surface area contributed by atoms with Crippen LogP contribution in [-0.4, -0.2) is 58.1 Å². The number of aliphatic hydroxyl groups is 1. The van der Waals surface area contributed by atoms with Gasteiger partial charge in [0.2, 0.25) is 5.95 Å². The fourth-order valence-corrected chi connectivity index (χ4v) is 5.32.